The first kappa shape index (κ1) is 20.6. The van der Waals surface area contributed by atoms with Gasteiger partial charge in [-0.25, -0.2) is 14.4 Å². The van der Waals surface area contributed by atoms with E-state index in [1.54, 1.807) is 54.9 Å². The van der Waals surface area contributed by atoms with Gasteiger partial charge in [0.25, 0.3) is 5.91 Å². The number of hydrogen-bond acceptors (Lipinski definition) is 7. The van der Waals surface area contributed by atoms with E-state index in [0.29, 0.717) is 30.5 Å². The lowest BCUT2D eigenvalue weighted by Gasteiger charge is -2.33. The first-order valence-corrected chi connectivity index (χ1v) is 10.1. The van der Waals surface area contributed by atoms with Crippen molar-refractivity contribution in [3.63, 3.8) is 0 Å². The zero-order chi connectivity index (χ0) is 21.6. The summed E-state index contributed by atoms with van der Waals surface area (Å²) in [7, 11) is 0. The molecule has 1 N–H and O–H groups in total. The molecule has 0 bridgehead atoms. The van der Waals surface area contributed by atoms with Gasteiger partial charge in [0.2, 0.25) is 0 Å². The zero-order valence-electron chi connectivity index (χ0n) is 17.1. The molecule has 1 atom stereocenters. The van der Waals surface area contributed by atoms with Crippen molar-refractivity contribution in [3.8, 4) is 5.75 Å². The molecule has 0 radical (unpaired) electrons. The first-order valence-electron chi connectivity index (χ1n) is 10.1. The number of halogens is 1. The molecule has 1 fully saturated rings. The molecule has 2 aromatic heterocycles. The number of benzene rings is 1. The van der Waals surface area contributed by atoms with Crippen molar-refractivity contribution in [3.05, 3.63) is 66.8 Å². The maximum absolute atomic E-state index is 13.3. The van der Waals surface area contributed by atoms with Gasteiger partial charge in [-0.2, -0.15) is 0 Å². The van der Waals surface area contributed by atoms with E-state index < -0.39 is 11.9 Å². The van der Waals surface area contributed by atoms with E-state index in [4.69, 9.17) is 4.74 Å². The number of piperidine rings is 1. The quantitative estimate of drug-likeness (QED) is 0.651. The molecular formula is C22H23FN6O2. The van der Waals surface area contributed by atoms with Gasteiger partial charge in [-0.1, -0.05) is 6.07 Å². The summed E-state index contributed by atoms with van der Waals surface area (Å²) in [6.07, 6.45) is 9.10. The molecule has 9 heteroatoms. The Labute approximate surface area is 179 Å². The first-order chi connectivity index (χ1) is 15.1. The minimum Gasteiger partial charge on any atom is -0.481 e. The summed E-state index contributed by atoms with van der Waals surface area (Å²) >= 11 is 0. The fourth-order valence-electron chi connectivity index (χ4n) is 3.58. The molecule has 0 saturated carbocycles. The van der Waals surface area contributed by atoms with E-state index in [1.165, 1.54) is 12.1 Å². The van der Waals surface area contributed by atoms with Crippen molar-refractivity contribution in [2.45, 2.75) is 31.8 Å². The van der Waals surface area contributed by atoms with Crippen LogP contribution in [0.5, 0.6) is 5.75 Å². The number of anilines is 2. The maximum Gasteiger partial charge on any atom is 0.263 e. The zero-order valence-corrected chi connectivity index (χ0v) is 17.1. The van der Waals surface area contributed by atoms with Gasteiger partial charge in [0.05, 0.1) is 18.1 Å². The maximum atomic E-state index is 13.3. The van der Waals surface area contributed by atoms with Crippen molar-refractivity contribution in [1.82, 2.24) is 24.8 Å². The predicted molar refractivity (Wildman–Crippen MR) is 112 cm³/mol. The second kappa shape index (κ2) is 9.46. The Hall–Kier alpha value is -3.62. The molecule has 1 aromatic carbocycles. The molecule has 1 saturated heterocycles. The topological polar surface area (TPSA) is 93.1 Å². The van der Waals surface area contributed by atoms with E-state index in [-0.39, 0.29) is 11.8 Å². The van der Waals surface area contributed by atoms with E-state index in [9.17, 15) is 9.18 Å². The van der Waals surface area contributed by atoms with Crippen molar-refractivity contribution >= 4 is 17.5 Å². The Kier molecular flexibility index (Phi) is 6.30. The van der Waals surface area contributed by atoms with Gasteiger partial charge in [-0.05, 0) is 31.9 Å². The molecule has 4 rings (SSSR count). The summed E-state index contributed by atoms with van der Waals surface area (Å²) < 4.78 is 19.0. The smallest absolute Gasteiger partial charge is 0.263 e. The van der Waals surface area contributed by atoms with Gasteiger partial charge in [0.15, 0.2) is 6.10 Å². The van der Waals surface area contributed by atoms with Crippen LogP contribution in [-0.4, -0.2) is 49.9 Å². The van der Waals surface area contributed by atoms with Crippen LogP contribution in [0.4, 0.5) is 16.0 Å². The van der Waals surface area contributed by atoms with Crippen molar-refractivity contribution in [1.29, 1.82) is 0 Å². The molecule has 0 unspecified atom stereocenters. The van der Waals surface area contributed by atoms with Crippen LogP contribution >= 0.6 is 0 Å². The van der Waals surface area contributed by atoms with Crippen molar-refractivity contribution in [2.75, 3.05) is 18.4 Å². The molecular weight excluding hydrogens is 399 g/mol. The number of nitrogens with zero attached hydrogens (tertiary/aromatic N) is 5. The summed E-state index contributed by atoms with van der Waals surface area (Å²) in [5.41, 5.74) is 0.880. The lowest BCUT2D eigenvalue weighted by molar-refractivity contribution is -0.139. The molecule has 0 aliphatic carbocycles. The minimum absolute atomic E-state index is 0.105. The fraction of sp³-hybridized carbons (Fsp3) is 0.318. The average Bonchev–Trinajstić information content (AvgIpc) is 2.79. The molecule has 1 aliphatic rings. The van der Waals surface area contributed by atoms with Gasteiger partial charge < -0.3 is 15.0 Å². The molecule has 3 aromatic rings. The van der Waals surface area contributed by atoms with Crippen LogP contribution in [0.3, 0.4) is 0 Å². The van der Waals surface area contributed by atoms with Crippen LogP contribution in [-0.2, 0) is 4.79 Å². The highest BCUT2D eigenvalue weighted by molar-refractivity contribution is 5.81. The molecule has 31 heavy (non-hydrogen) atoms. The normalized spacial score (nSPS) is 15.4. The van der Waals surface area contributed by atoms with Crippen molar-refractivity contribution in [2.24, 2.45) is 0 Å². The van der Waals surface area contributed by atoms with Crippen LogP contribution in [0.2, 0.25) is 0 Å². The summed E-state index contributed by atoms with van der Waals surface area (Å²) in [6.45, 7) is 2.89. The third kappa shape index (κ3) is 5.30. The highest BCUT2D eigenvalue weighted by Gasteiger charge is 2.28. The van der Waals surface area contributed by atoms with Gasteiger partial charge in [0, 0.05) is 43.7 Å². The Bertz CT molecular complexity index is 1030. The highest BCUT2D eigenvalue weighted by Crippen LogP contribution is 2.28. The Morgan fingerprint density at radius 3 is 2.71 bits per heavy atom. The Morgan fingerprint density at radius 2 is 1.97 bits per heavy atom. The standard InChI is InChI=1S/C22H23FN6O2/c1-15(31-18-4-2-3-17(23)11-18)22(30)29-9-5-16(6-10-29)19-12-25-14-21(27-19)28-20-13-24-7-8-26-20/h2-4,7-8,11-16H,5-6,9-10H2,1H3,(H,26,27,28)/t15-/m1/s1. The lowest BCUT2D eigenvalue weighted by atomic mass is 9.93. The van der Waals surface area contributed by atoms with Gasteiger partial charge in [0.1, 0.15) is 23.2 Å². The monoisotopic (exact) mass is 422 g/mol. The lowest BCUT2D eigenvalue weighted by Crippen LogP contribution is -2.44. The van der Waals surface area contributed by atoms with Crippen LogP contribution in [0.1, 0.15) is 31.4 Å². The SMILES string of the molecule is C[C@@H](Oc1cccc(F)c1)C(=O)N1CCC(c2cncc(Nc3cnccn3)n2)CC1. The minimum atomic E-state index is -0.683. The molecule has 160 valence electrons. The van der Waals surface area contributed by atoms with Gasteiger partial charge in [-0.3, -0.25) is 14.8 Å². The van der Waals surface area contributed by atoms with Gasteiger partial charge in [-0.15, -0.1) is 0 Å². The Balaban J connectivity index is 1.33. The Morgan fingerprint density at radius 1 is 1.16 bits per heavy atom. The van der Waals surface area contributed by atoms with Crippen LogP contribution in [0.15, 0.2) is 55.2 Å². The van der Waals surface area contributed by atoms with E-state index in [0.717, 1.165) is 18.5 Å². The number of carbonyl (C=O) groups is 1. The summed E-state index contributed by atoms with van der Waals surface area (Å²) in [5.74, 6) is 1.26. The third-order valence-electron chi connectivity index (χ3n) is 5.15. The summed E-state index contributed by atoms with van der Waals surface area (Å²) in [6, 6.07) is 5.81. The van der Waals surface area contributed by atoms with Gasteiger partial charge >= 0.3 is 0 Å². The highest BCUT2D eigenvalue weighted by atomic mass is 19.1. The number of nitrogens with one attached hydrogen (secondary N) is 1. The number of hydrogen-bond donors (Lipinski definition) is 1. The molecule has 3 heterocycles. The number of likely N-dealkylation sites (tertiary alicyclic amines) is 1. The predicted octanol–water partition coefficient (Wildman–Crippen LogP) is 3.32. The number of aromatic nitrogens is 4. The largest absolute Gasteiger partial charge is 0.481 e. The molecule has 1 aliphatic heterocycles. The van der Waals surface area contributed by atoms with Crippen LogP contribution < -0.4 is 10.1 Å². The fourth-order valence-corrected chi connectivity index (χ4v) is 3.58. The molecule has 8 nitrogen and oxygen atoms in total. The number of carbonyl (C=O) groups excluding carboxylic acids is 1. The second-order valence-electron chi connectivity index (χ2n) is 7.36. The van der Waals surface area contributed by atoms with Crippen molar-refractivity contribution < 1.29 is 13.9 Å². The van der Waals surface area contributed by atoms with Crippen LogP contribution in [0.25, 0.3) is 0 Å². The average molecular weight is 422 g/mol. The van der Waals surface area contributed by atoms with E-state index in [2.05, 4.69) is 25.3 Å². The summed E-state index contributed by atoms with van der Waals surface area (Å²) in [5, 5.41) is 3.10. The molecule has 1 amide bonds. The number of rotatable bonds is 6. The van der Waals surface area contributed by atoms with Crippen LogP contribution in [0, 0.1) is 5.82 Å². The molecule has 0 spiro atoms. The third-order valence-corrected chi connectivity index (χ3v) is 5.15. The second-order valence-corrected chi connectivity index (χ2v) is 7.36. The van der Waals surface area contributed by atoms with E-state index in [1.807, 2.05) is 0 Å². The number of ether oxygens (including phenoxy) is 1. The summed E-state index contributed by atoms with van der Waals surface area (Å²) in [4.78, 5) is 31.7. The number of amides is 1. The van der Waals surface area contributed by atoms with E-state index >= 15 is 0 Å².